The zero-order valence-corrected chi connectivity index (χ0v) is 11.3. The number of hydrogen-bond donors (Lipinski definition) is 2. The molecule has 2 fully saturated rings. The second-order valence-corrected chi connectivity index (χ2v) is 5.27. The van der Waals surface area contributed by atoms with Crippen molar-refractivity contribution in [3.8, 4) is 0 Å². The number of carboxylic acids is 1. The number of urea groups is 1. The van der Waals surface area contributed by atoms with Gasteiger partial charge >= 0.3 is 12.0 Å². The monoisotopic (exact) mass is 270 g/mol. The summed E-state index contributed by atoms with van der Waals surface area (Å²) in [6, 6.07) is 0.350. The predicted molar refractivity (Wildman–Crippen MR) is 68.9 cm³/mol. The number of hydrogen-bond acceptors (Lipinski definition) is 3. The molecule has 0 bridgehead atoms. The first kappa shape index (κ1) is 14.1. The number of nitrogens with one attached hydrogen (secondary N) is 1. The van der Waals surface area contributed by atoms with Gasteiger partial charge < -0.3 is 20.1 Å². The van der Waals surface area contributed by atoms with Crippen LogP contribution in [0.3, 0.4) is 0 Å². The van der Waals surface area contributed by atoms with Crippen molar-refractivity contribution < 1.29 is 19.4 Å². The smallest absolute Gasteiger partial charge is 0.332 e. The highest BCUT2D eigenvalue weighted by Crippen LogP contribution is 2.27. The first-order valence-corrected chi connectivity index (χ1v) is 7.04. The highest BCUT2D eigenvalue weighted by Gasteiger charge is 2.33. The van der Waals surface area contributed by atoms with Crippen molar-refractivity contribution in [3.05, 3.63) is 0 Å². The fourth-order valence-corrected chi connectivity index (χ4v) is 2.42. The Labute approximate surface area is 113 Å². The molecule has 6 nitrogen and oxygen atoms in total. The minimum Gasteiger partial charge on any atom is -0.479 e. The average Bonchev–Trinajstić information content (AvgIpc) is 3.10. The largest absolute Gasteiger partial charge is 0.479 e. The molecule has 2 rings (SSSR count). The van der Waals surface area contributed by atoms with Crippen LogP contribution >= 0.6 is 0 Å². The van der Waals surface area contributed by atoms with Gasteiger partial charge in [0.25, 0.3) is 0 Å². The van der Waals surface area contributed by atoms with Gasteiger partial charge in [-0.2, -0.15) is 0 Å². The van der Waals surface area contributed by atoms with Crippen LogP contribution in [-0.4, -0.2) is 53.3 Å². The maximum Gasteiger partial charge on any atom is 0.332 e. The summed E-state index contributed by atoms with van der Waals surface area (Å²) < 4.78 is 5.36. The summed E-state index contributed by atoms with van der Waals surface area (Å²) in [5.41, 5.74) is 0. The highest BCUT2D eigenvalue weighted by molar-refractivity contribution is 5.75. The van der Waals surface area contributed by atoms with Crippen molar-refractivity contribution in [3.63, 3.8) is 0 Å². The van der Waals surface area contributed by atoms with E-state index in [1.807, 2.05) is 4.90 Å². The standard InChI is InChI=1S/C13H22N2O4/c1-2-7-15(9-3-4-9)13(18)14-8-10-5-6-11(19-10)12(16)17/h9-11H,2-8H2,1H3,(H,14,18)(H,16,17). The van der Waals surface area contributed by atoms with E-state index in [0.717, 1.165) is 25.8 Å². The maximum atomic E-state index is 12.0. The van der Waals surface area contributed by atoms with Crippen molar-refractivity contribution in [2.75, 3.05) is 13.1 Å². The third-order valence-corrected chi connectivity index (χ3v) is 3.58. The van der Waals surface area contributed by atoms with E-state index in [2.05, 4.69) is 12.2 Å². The normalized spacial score (nSPS) is 26.2. The fourth-order valence-electron chi connectivity index (χ4n) is 2.42. The van der Waals surface area contributed by atoms with Crippen LogP contribution in [0.5, 0.6) is 0 Å². The second kappa shape index (κ2) is 6.23. The van der Waals surface area contributed by atoms with Crippen molar-refractivity contribution in [1.82, 2.24) is 10.2 Å². The number of carboxylic acid groups (broad SMARTS) is 1. The minimum absolute atomic E-state index is 0.0493. The van der Waals surface area contributed by atoms with Gasteiger partial charge in [-0.3, -0.25) is 0 Å². The Morgan fingerprint density at radius 2 is 2.05 bits per heavy atom. The van der Waals surface area contributed by atoms with Crippen LogP contribution in [0.2, 0.25) is 0 Å². The Bertz CT molecular complexity index is 344. The number of nitrogens with zero attached hydrogens (tertiary/aromatic N) is 1. The summed E-state index contributed by atoms with van der Waals surface area (Å²) in [6.07, 6.45) is 3.46. The number of amides is 2. The Morgan fingerprint density at radius 3 is 2.58 bits per heavy atom. The molecule has 2 N–H and O–H groups in total. The number of ether oxygens (including phenoxy) is 1. The molecule has 2 atom stereocenters. The summed E-state index contributed by atoms with van der Waals surface area (Å²) in [7, 11) is 0. The van der Waals surface area contributed by atoms with Crippen LogP contribution < -0.4 is 5.32 Å². The Balaban J connectivity index is 1.72. The van der Waals surface area contributed by atoms with Crippen LogP contribution in [0.25, 0.3) is 0 Å². The molecular weight excluding hydrogens is 248 g/mol. The van der Waals surface area contributed by atoms with E-state index in [1.54, 1.807) is 0 Å². The molecule has 2 aliphatic rings. The number of rotatable bonds is 6. The summed E-state index contributed by atoms with van der Waals surface area (Å²) in [4.78, 5) is 24.7. The minimum atomic E-state index is -0.917. The van der Waals surface area contributed by atoms with Gasteiger partial charge in [-0.05, 0) is 32.1 Å². The lowest BCUT2D eigenvalue weighted by Gasteiger charge is -2.23. The molecule has 0 aromatic carbocycles. The summed E-state index contributed by atoms with van der Waals surface area (Å²) in [5.74, 6) is -0.917. The van der Waals surface area contributed by atoms with Crippen LogP contribution in [0, 0.1) is 0 Å². The van der Waals surface area contributed by atoms with E-state index in [0.29, 0.717) is 25.4 Å². The zero-order chi connectivity index (χ0) is 13.8. The third kappa shape index (κ3) is 3.83. The molecular formula is C13H22N2O4. The van der Waals surface area contributed by atoms with Crippen molar-refractivity contribution in [2.24, 2.45) is 0 Å². The topological polar surface area (TPSA) is 78.9 Å². The Morgan fingerprint density at radius 1 is 1.32 bits per heavy atom. The van der Waals surface area contributed by atoms with E-state index in [-0.39, 0.29) is 12.1 Å². The summed E-state index contributed by atoms with van der Waals surface area (Å²) in [5, 5.41) is 11.7. The lowest BCUT2D eigenvalue weighted by atomic mass is 10.2. The molecule has 6 heteroatoms. The van der Waals surface area contributed by atoms with Gasteiger partial charge in [-0.1, -0.05) is 6.92 Å². The van der Waals surface area contributed by atoms with Crippen molar-refractivity contribution in [2.45, 2.75) is 57.3 Å². The van der Waals surface area contributed by atoms with E-state index in [1.165, 1.54) is 0 Å². The second-order valence-electron chi connectivity index (χ2n) is 5.27. The van der Waals surface area contributed by atoms with Gasteiger partial charge in [0.05, 0.1) is 6.10 Å². The molecule has 1 saturated heterocycles. The predicted octanol–water partition coefficient (Wildman–Crippen LogP) is 1.20. The maximum absolute atomic E-state index is 12.0. The van der Waals surface area contributed by atoms with Gasteiger partial charge in [-0.15, -0.1) is 0 Å². The summed E-state index contributed by atoms with van der Waals surface area (Å²) >= 11 is 0. The van der Waals surface area contributed by atoms with Crippen molar-refractivity contribution in [1.29, 1.82) is 0 Å². The summed E-state index contributed by atoms with van der Waals surface area (Å²) in [6.45, 7) is 3.23. The van der Waals surface area contributed by atoms with Gasteiger partial charge in [0.15, 0.2) is 6.10 Å². The molecule has 0 aromatic rings. The number of carbonyl (C=O) groups is 2. The molecule has 108 valence electrons. The van der Waals surface area contributed by atoms with Crippen LogP contribution in [0.4, 0.5) is 4.79 Å². The molecule has 0 radical (unpaired) electrons. The van der Waals surface area contributed by atoms with Gasteiger partial charge in [0.2, 0.25) is 0 Å². The van der Waals surface area contributed by atoms with Crippen LogP contribution in [0.15, 0.2) is 0 Å². The van der Waals surface area contributed by atoms with E-state index < -0.39 is 12.1 Å². The van der Waals surface area contributed by atoms with Crippen LogP contribution in [0.1, 0.15) is 39.0 Å². The lowest BCUT2D eigenvalue weighted by Crippen LogP contribution is -2.44. The fraction of sp³-hybridized carbons (Fsp3) is 0.846. The van der Waals surface area contributed by atoms with E-state index >= 15 is 0 Å². The zero-order valence-electron chi connectivity index (χ0n) is 11.3. The molecule has 1 saturated carbocycles. The SMILES string of the molecule is CCCN(C(=O)NCC1CCC(C(=O)O)O1)C1CC1. The molecule has 2 unspecified atom stereocenters. The van der Waals surface area contributed by atoms with E-state index in [4.69, 9.17) is 9.84 Å². The molecule has 1 heterocycles. The highest BCUT2D eigenvalue weighted by atomic mass is 16.5. The molecule has 19 heavy (non-hydrogen) atoms. The third-order valence-electron chi connectivity index (χ3n) is 3.58. The van der Waals surface area contributed by atoms with Gasteiger partial charge in [0, 0.05) is 19.1 Å². The lowest BCUT2D eigenvalue weighted by molar-refractivity contribution is -0.149. The average molecular weight is 270 g/mol. The molecule has 1 aliphatic carbocycles. The van der Waals surface area contributed by atoms with Gasteiger partial charge in [0.1, 0.15) is 0 Å². The molecule has 0 spiro atoms. The molecule has 1 aliphatic heterocycles. The quantitative estimate of drug-likeness (QED) is 0.760. The van der Waals surface area contributed by atoms with E-state index in [9.17, 15) is 9.59 Å². The van der Waals surface area contributed by atoms with Gasteiger partial charge in [-0.25, -0.2) is 9.59 Å². The molecule has 2 amide bonds. The Kier molecular flexibility index (Phi) is 4.63. The van der Waals surface area contributed by atoms with Crippen molar-refractivity contribution >= 4 is 12.0 Å². The number of carbonyl (C=O) groups excluding carboxylic acids is 1. The first-order valence-electron chi connectivity index (χ1n) is 7.04. The molecule has 0 aromatic heterocycles. The van der Waals surface area contributed by atoms with Crippen LogP contribution in [-0.2, 0) is 9.53 Å². The first-order chi connectivity index (χ1) is 9.11. The Hall–Kier alpha value is -1.30. The number of aliphatic carboxylic acids is 1.